The number of hydrogen-bond donors (Lipinski definition) is 1. The number of nitrogens with one attached hydrogen (secondary N) is 1. The molecule has 5 heteroatoms. The summed E-state index contributed by atoms with van der Waals surface area (Å²) in [6.07, 6.45) is 0.935. The van der Waals surface area contributed by atoms with E-state index in [0.717, 1.165) is 6.42 Å². The molecular formula is C13H23NO4. The molecule has 18 heavy (non-hydrogen) atoms. The third-order valence-electron chi connectivity index (χ3n) is 3.12. The SMILES string of the molecule is COC(=O)C1CC(C)C(NC(=O)OC(C)(C)C)C1. The van der Waals surface area contributed by atoms with E-state index in [1.165, 1.54) is 7.11 Å². The fraction of sp³-hybridized carbons (Fsp3) is 0.846. The summed E-state index contributed by atoms with van der Waals surface area (Å²) in [5.74, 6) is -0.0677. The summed E-state index contributed by atoms with van der Waals surface area (Å²) in [6, 6.07) is -0.0241. The van der Waals surface area contributed by atoms with E-state index in [0.29, 0.717) is 6.42 Å². The minimum absolute atomic E-state index is 0.0241. The van der Waals surface area contributed by atoms with Gasteiger partial charge in [-0.3, -0.25) is 4.79 Å². The zero-order valence-electron chi connectivity index (χ0n) is 11.8. The zero-order valence-corrected chi connectivity index (χ0v) is 11.8. The van der Waals surface area contributed by atoms with Crippen molar-refractivity contribution in [2.75, 3.05) is 7.11 Å². The molecule has 0 radical (unpaired) electrons. The first-order valence-electron chi connectivity index (χ1n) is 6.30. The molecule has 1 saturated carbocycles. The Morgan fingerprint density at radius 3 is 2.33 bits per heavy atom. The molecule has 0 aromatic rings. The quantitative estimate of drug-likeness (QED) is 0.769. The van der Waals surface area contributed by atoms with E-state index in [9.17, 15) is 9.59 Å². The summed E-state index contributed by atoms with van der Waals surface area (Å²) in [6.45, 7) is 7.48. The predicted molar refractivity (Wildman–Crippen MR) is 67.1 cm³/mol. The molecule has 1 fully saturated rings. The molecule has 3 atom stereocenters. The highest BCUT2D eigenvalue weighted by Gasteiger charge is 2.37. The molecule has 1 rings (SSSR count). The Morgan fingerprint density at radius 1 is 1.22 bits per heavy atom. The van der Waals surface area contributed by atoms with Crippen LogP contribution in [0.25, 0.3) is 0 Å². The maximum atomic E-state index is 11.7. The van der Waals surface area contributed by atoms with Gasteiger partial charge in [0.05, 0.1) is 13.0 Å². The van der Waals surface area contributed by atoms with E-state index in [-0.39, 0.29) is 23.8 Å². The summed E-state index contributed by atoms with van der Waals surface area (Å²) < 4.78 is 9.94. The van der Waals surface area contributed by atoms with Crippen LogP contribution in [0.15, 0.2) is 0 Å². The summed E-state index contributed by atoms with van der Waals surface area (Å²) in [5, 5.41) is 2.83. The zero-order chi connectivity index (χ0) is 13.9. The molecule has 1 amide bonds. The summed E-state index contributed by atoms with van der Waals surface area (Å²) in [4.78, 5) is 23.1. The molecule has 1 aliphatic rings. The lowest BCUT2D eigenvalue weighted by Gasteiger charge is -2.23. The van der Waals surface area contributed by atoms with E-state index in [1.807, 2.05) is 27.7 Å². The number of alkyl carbamates (subject to hydrolysis) is 1. The van der Waals surface area contributed by atoms with E-state index in [4.69, 9.17) is 9.47 Å². The highest BCUT2D eigenvalue weighted by atomic mass is 16.6. The maximum Gasteiger partial charge on any atom is 0.407 e. The number of carbonyl (C=O) groups excluding carboxylic acids is 2. The highest BCUT2D eigenvalue weighted by molar-refractivity contribution is 5.73. The van der Waals surface area contributed by atoms with Gasteiger partial charge < -0.3 is 14.8 Å². The molecule has 0 saturated heterocycles. The average molecular weight is 257 g/mol. The lowest BCUT2D eigenvalue weighted by Crippen LogP contribution is -2.40. The fourth-order valence-electron chi connectivity index (χ4n) is 2.27. The van der Waals surface area contributed by atoms with Crippen LogP contribution >= 0.6 is 0 Å². The van der Waals surface area contributed by atoms with Crippen LogP contribution in [-0.4, -0.2) is 30.8 Å². The van der Waals surface area contributed by atoms with Crippen LogP contribution in [0.1, 0.15) is 40.5 Å². The second kappa shape index (κ2) is 5.59. The molecule has 0 heterocycles. The number of rotatable bonds is 2. The smallest absolute Gasteiger partial charge is 0.407 e. The summed E-state index contributed by atoms with van der Waals surface area (Å²) >= 11 is 0. The normalized spacial score (nSPS) is 27.7. The summed E-state index contributed by atoms with van der Waals surface area (Å²) in [7, 11) is 1.39. The van der Waals surface area contributed by atoms with Crippen molar-refractivity contribution in [1.82, 2.24) is 5.32 Å². The number of methoxy groups -OCH3 is 1. The Morgan fingerprint density at radius 2 is 1.83 bits per heavy atom. The third-order valence-corrected chi connectivity index (χ3v) is 3.12. The fourth-order valence-corrected chi connectivity index (χ4v) is 2.27. The number of ether oxygens (including phenoxy) is 2. The minimum Gasteiger partial charge on any atom is -0.469 e. The average Bonchev–Trinajstić information content (AvgIpc) is 2.56. The molecule has 0 aliphatic heterocycles. The lowest BCUT2D eigenvalue weighted by atomic mass is 10.1. The topological polar surface area (TPSA) is 64.6 Å². The van der Waals surface area contributed by atoms with Crippen LogP contribution in [0.2, 0.25) is 0 Å². The van der Waals surface area contributed by atoms with Gasteiger partial charge in [0.25, 0.3) is 0 Å². The van der Waals surface area contributed by atoms with E-state index in [2.05, 4.69) is 5.32 Å². The van der Waals surface area contributed by atoms with Crippen LogP contribution in [0, 0.1) is 11.8 Å². The van der Waals surface area contributed by atoms with Crippen molar-refractivity contribution in [2.45, 2.75) is 52.2 Å². The molecule has 104 valence electrons. The molecular weight excluding hydrogens is 234 g/mol. The molecule has 1 N–H and O–H groups in total. The van der Waals surface area contributed by atoms with Gasteiger partial charge in [-0.1, -0.05) is 6.92 Å². The Labute approximate surface area is 108 Å². The van der Waals surface area contributed by atoms with Crippen molar-refractivity contribution in [3.05, 3.63) is 0 Å². The van der Waals surface area contributed by atoms with Gasteiger partial charge in [0.1, 0.15) is 5.60 Å². The van der Waals surface area contributed by atoms with Gasteiger partial charge in [-0.05, 0) is 39.5 Å². The molecule has 0 spiro atoms. The molecule has 3 unspecified atom stereocenters. The van der Waals surface area contributed by atoms with Crippen molar-refractivity contribution in [2.24, 2.45) is 11.8 Å². The second-order valence-corrected chi connectivity index (χ2v) is 5.92. The number of esters is 1. The largest absolute Gasteiger partial charge is 0.469 e. The predicted octanol–water partition coefficient (Wildman–Crippen LogP) is 2.10. The van der Waals surface area contributed by atoms with Gasteiger partial charge in [0.15, 0.2) is 0 Å². The van der Waals surface area contributed by atoms with Crippen molar-refractivity contribution in [3.63, 3.8) is 0 Å². The van der Waals surface area contributed by atoms with Crippen molar-refractivity contribution in [1.29, 1.82) is 0 Å². The number of hydrogen-bond acceptors (Lipinski definition) is 4. The summed E-state index contributed by atoms with van der Waals surface area (Å²) in [5.41, 5.74) is -0.506. The molecule has 1 aliphatic carbocycles. The van der Waals surface area contributed by atoms with E-state index >= 15 is 0 Å². The van der Waals surface area contributed by atoms with Crippen molar-refractivity contribution >= 4 is 12.1 Å². The first kappa shape index (κ1) is 14.8. The van der Waals surface area contributed by atoms with Gasteiger partial charge in [0.2, 0.25) is 0 Å². The lowest BCUT2D eigenvalue weighted by molar-refractivity contribution is -0.145. The van der Waals surface area contributed by atoms with E-state index < -0.39 is 11.7 Å². The monoisotopic (exact) mass is 257 g/mol. The molecule has 0 bridgehead atoms. The minimum atomic E-state index is -0.506. The Balaban J connectivity index is 2.49. The van der Waals surface area contributed by atoms with Gasteiger partial charge in [-0.25, -0.2) is 4.79 Å². The van der Waals surface area contributed by atoms with Gasteiger partial charge >= 0.3 is 12.1 Å². The Bertz CT molecular complexity index is 321. The first-order chi connectivity index (χ1) is 8.23. The molecule has 0 aromatic heterocycles. The van der Waals surface area contributed by atoms with Gasteiger partial charge in [-0.2, -0.15) is 0 Å². The maximum absolute atomic E-state index is 11.7. The second-order valence-electron chi connectivity index (χ2n) is 5.92. The highest BCUT2D eigenvalue weighted by Crippen LogP contribution is 2.31. The van der Waals surface area contributed by atoms with E-state index in [1.54, 1.807) is 0 Å². The Hall–Kier alpha value is -1.26. The first-order valence-corrected chi connectivity index (χ1v) is 6.30. The number of amides is 1. The van der Waals surface area contributed by atoms with Gasteiger partial charge in [-0.15, -0.1) is 0 Å². The van der Waals surface area contributed by atoms with Crippen LogP contribution in [0.4, 0.5) is 4.79 Å². The van der Waals surface area contributed by atoms with Crippen LogP contribution in [0.3, 0.4) is 0 Å². The number of carbonyl (C=O) groups is 2. The standard InChI is InChI=1S/C13H23NO4/c1-8-6-9(11(15)17-5)7-10(8)14-12(16)18-13(2,3)4/h8-10H,6-7H2,1-5H3,(H,14,16). The Kier molecular flexibility index (Phi) is 4.59. The van der Waals surface area contributed by atoms with Crippen LogP contribution in [0.5, 0.6) is 0 Å². The van der Waals surface area contributed by atoms with Crippen LogP contribution < -0.4 is 5.32 Å². The van der Waals surface area contributed by atoms with Crippen LogP contribution in [-0.2, 0) is 14.3 Å². The van der Waals surface area contributed by atoms with Gasteiger partial charge in [0, 0.05) is 6.04 Å². The molecule has 5 nitrogen and oxygen atoms in total. The van der Waals surface area contributed by atoms with Crippen molar-refractivity contribution in [3.8, 4) is 0 Å². The van der Waals surface area contributed by atoms with Crippen molar-refractivity contribution < 1.29 is 19.1 Å². The third kappa shape index (κ3) is 4.20. The molecule has 0 aromatic carbocycles.